The smallest absolute Gasteiger partial charge is 0.254 e. The predicted octanol–water partition coefficient (Wildman–Crippen LogP) is 8.59. The van der Waals surface area contributed by atoms with Crippen molar-refractivity contribution in [1.82, 2.24) is 5.32 Å². The minimum atomic E-state index is -0.0741. The van der Waals surface area contributed by atoms with Gasteiger partial charge in [0.2, 0.25) is 0 Å². The number of fused-ring (bicyclic) bond motifs is 1. The fraction of sp³-hybridized carbons (Fsp3) is 0.250. The van der Waals surface area contributed by atoms with Crippen molar-refractivity contribution in [3.8, 4) is 11.5 Å². The Bertz CT molecular complexity index is 1520. The molecule has 1 N–H and O–H groups in total. The summed E-state index contributed by atoms with van der Waals surface area (Å²) >= 11 is 13.9. The van der Waals surface area contributed by atoms with Gasteiger partial charge in [0.15, 0.2) is 11.5 Å². The highest BCUT2D eigenvalue weighted by atomic mass is 35.5. The zero-order valence-corrected chi connectivity index (χ0v) is 24.5. The van der Waals surface area contributed by atoms with E-state index in [1.165, 1.54) is 4.88 Å². The van der Waals surface area contributed by atoms with E-state index in [9.17, 15) is 4.79 Å². The number of thiophene rings is 1. The van der Waals surface area contributed by atoms with E-state index in [1.54, 1.807) is 29.7 Å². The van der Waals surface area contributed by atoms with E-state index in [0.717, 1.165) is 52.9 Å². The molecule has 0 saturated carbocycles. The van der Waals surface area contributed by atoms with Gasteiger partial charge >= 0.3 is 0 Å². The lowest BCUT2D eigenvalue weighted by Gasteiger charge is -2.13. The van der Waals surface area contributed by atoms with Crippen LogP contribution >= 0.6 is 34.5 Å². The minimum absolute atomic E-state index is 0.0741. The average Bonchev–Trinajstić information content (AvgIpc) is 3.34. The Hall–Kier alpha value is -3.32. The number of ether oxygens (including phenoxy) is 2. The van der Waals surface area contributed by atoms with Crippen LogP contribution < -0.4 is 14.8 Å². The number of nitrogens with zero attached hydrogens (tertiary/aromatic N) is 1. The normalized spacial score (nSPS) is 12.8. The number of amides is 1. The summed E-state index contributed by atoms with van der Waals surface area (Å²) in [5.74, 6) is 1.15. The summed E-state index contributed by atoms with van der Waals surface area (Å²) in [6.45, 7) is 3.18. The molecule has 1 aliphatic rings. The van der Waals surface area contributed by atoms with Gasteiger partial charge in [0.25, 0.3) is 5.91 Å². The number of rotatable bonds is 10. The summed E-state index contributed by atoms with van der Waals surface area (Å²) < 4.78 is 11.9. The topological polar surface area (TPSA) is 59.9 Å². The van der Waals surface area contributed by atoms with Crippen LogP contribution in [0.5, 0.6) is 11.5 Å². The molecular weight excluding hydrogens is 563 g/mol. The lowest BCUT2D eigenvalue weighted by Crippen LogP contribution is -2.24. The molecule has 3 aromatic carbocycles. The second kappa shape index (κ2) is 13.4. The molecule has 1 aromatic heterocycles. The van der Waals surface area contributed by atoms with E-state index in [1.807, 2.05) is 61.5 Å². The van der Waals surface area contributed by atoms with Crippen LogP contribution in [0.25, 0.3) is 0 Å². The van der Waals surface area contributed by atoms with E-state index >= 15 is 0 Å². The Labute approximate surface area is 248 Å². The first-order valence-electron chi connectivity index (χ1n) is 13.4. The van der Waals surface area contributed by atoms with Crippen molar-refractivity contribution < 1.29 is 14.3 Å². The Kier molecular flexibility index (Phi) is 9.42. The lowest BCUT2D eigenvalue weighted by atomic mass is 9.95. The van der Waals surface area contributed by atoms with Crippen LogP contribution in [-0.4, -0.2) is 18.7 Å². The summed E-state index contributed by atoms with van der Waals surface area (Å²) in [6.07, 6.45) is 5.92. The molecule has 0 atom stereocenters. The molecule has 0 aliphatic heterocycles. The fourth-order valence-corrected chi connectivity index (χ4v) is 6.36. The zero-order valence-electron chi connectivity index (χ0n) is 22.2. The van der Waals surface area contributed by atoms with Gasteiger partial charge < -0.3 is 14.8 Å². The molecule has 40 heavy (non-hydrogen) atoms. The quantitative estimate of drug-likeness (QED) is 0.187. The molecule has 0 fully saturated rings. The maximum Gasteiger partial charge on any atom is 0.254 e. The monoisotopic (exact) mass is 592 g/mol. The number of aryl methyl sites for hydroxylation is 1. The maximum absolute atomic E-state index is 13.4. The van der Waals surface area contributed by atoms with Gasteiger partial charge in [0.1, 0.15) is 11.6 Å². The van der Waals surface area contributed by atoms with Crippen molar-refractivity contribution in [2.45, 2.75) is 45.8 Å². The number of carbonyl (C=O) groups excluding carboxylic acids is 1. The highest BCUT2D eigenvalue weighted by Gasteiger charge is 2.25. The molecule has 5 rings (SSSR count). The van der Waals surface area contributed by atoms with E-state index in [0.29, 0.717) is 40.3 Å². The third-order valence-corrected chi connectivity index (χ3v) is 8.46. The largest absolute Gasteiger partial charge is 0.490 e. The summed E-state index contributed by atoms with van der Waals surface area (Å²) in [6, 6.07) is 21.0. The second-order valence-corrected chi connectivity index (χ2v) is 11.4. The van der Waals surface area contributed by atoms with E-state index in [-0.39, 0.29) is 12.5 Å². The molecule has 0 spiro atoms. The molecule has 1 aliphatic carbocycles. The molecule has 0 unspecified atom stereocenters. The molecule has 0 saturated heterocycles. The van der Waals surface area contributed by atoms with E-state index < -0.39 is 0 Å². The molecule has 8 heteroatoms. The van der Waals surface area contributed by atoms with Crippen LogP contribution in [0, 0.1) is 0 Å². The zero-order chi connectivity index (χ0) is 27.9. The van der Waals surface area contributed by atoms with Crippen LogP contribution in [0.1, 0.15) is 57.3 Å². The number of halogens is 2. The number of aliphatic imine (C=N–C) groups is 1. The number of hydrogen-bond acceptors (Lipinski definition) is 5. The fourth-order valence-electron chi connectivity index (χ4n) is 4.66. The second-order valence-electron chi connectivity index (χ2n) is 9.48. The first-order valence-corrected chi connectivity index (χ1v) is 14.9. The van der Waals surface area contributed by atoms with Crippen molar-refractivity contribution >= 4 is 51.7 Å². The first kappa shape index (κ1) is 28.2. The summed E-state index contributed by atoms with van der Waals surface area (Å²) in [7, 11) is 0. The van der Waals surface area contributed by atoms with Crippen LogP contribution in [0.4, 0.5) is 5.00 Å². The van der Waals surface area contributed by atoms with Gasteiger partial charge in [-0.3, -0.25) is 4.79 Å². The van der Waals surface area contributed by atoms with Crippen molar-refractivity contribution in [3.05, 3.63) is 109 Å². The van der Waals surface area contributed by atoms with Crippen LogP contribution in [0.15, 0.2) is 71.7 Å². The molecular formula is C32H30Cl2N2O3S. The SMILES string of the molecule is CCOc1cc(C=Nc2sc3c(c2C(=O)NCc2ccccc2)CCCC3)ccc1OCc1ccc(Cl)cc1Cl. The molecule has 0 radical (unpaired) electrons. The summed E-state index contributed by atoms with van der Waals surface area (Å²) in [4.78, 5) is 19.4. The first-order chi connectivity index (χ1) is 19.5. The van der Waals surface area contributed by atoms with Gasteiger partial charge in [-0.05, 0) is 79.6 Å². The van der Waals surface area contributed by atoms with Crippen LogP contribution in [-0.2, 0) is 26.0 Å². The Morgan fingerprint density at radius 3 is 2.62 bits per heavy atom. The van der Waals surface area contributed by atoms with Crippen molar-refractivity contribution in [2.24, 2.45) is 4.99 Å². The summed E-state index contributed by atoms with van der Waals surface area (Å²) in [5, 5.41) is 4.97. The Balaban J connectivity index is 1.36. The molecule has 5 nitrogen and oxygen atoms in total. The van der Waals surface area contributed by atoms with Gasteiger partial charge in [0, 0.05) is 33.2 Å². The molecule has 1 heterocycles. The van der Waals surface area contributed by atoms with Gasteiger partial charge in [-0.2, -0.15) is 0 Å². The average molecular weight is 594 g/mol. The highest BCUT2D eigenvalue weighted by molar-refractivity contribution is 7.16. The van der Waals surface area contributed by atoms with Crippen molar-refractivity contribution in [2.75, 3.05) is 6.61 Å². The van der Waals surface area contributed by atoms with Gasteiger partial charge in [-0.1, -0.05) is 59.6 Å². The number of nitrogens with one attached hydrogen (secondary N) is 1. The molecule has 0 bridgehead atoms. The Morgan fingerprint density at radius 2 is 1.82 bits per heavy atom. The number of carbonyl (C=O) groups is 1. The Morgan fingerprint density at radius 1 is 1.00 bits per heavy atom. The third kappa shape index (κ3) is 6.87. The predicted molar refractivity (Wildman–Crippen MR) is 164 cm³/mol. The summed E-state index contributed by atoms with van der Waals surface area (Å²) in [5.41, 5.74) is 4.60. The number of benzene rings is 3. The van der Waals surface area contributed by atoms with Crippen LogP contribution in [0.2, 0.25) is 10.0 Å². The number of hydrogen-bond donors (Lipinski definition) is 1. The molecule has 4 aromatic rings. The molecule has 206 valence electrons. The van der Waals surface area contributed by atoms with Gasteiger partial charge in [-0.25, -0.2) is 4.99 Å². The minimum Gasteiger partial charge on any atom is -0.490 e. The van der Waals surface area contributed by atoms with E-state index in [2.05, 4.69) is 5.32 Å². The van der Waals surface area contributed by atoms with E-state index in [4.69, 9.17) is 37.7 Å². The van der Waals surface area contributed by atoms with Gasteiger partial charge in [0.05, 0.1) is 12.2 Å². The highest BCUT2D eigenvalue weighted by Crippen LogP contribution is 2.40. The van der Waals surface area contributed by atoms with Gasteiger partial charge in [-0.15, -0.1) is 11.3 Å². The van der Waals surface area contributed by atoms with Crippen LogP contribution in [0.3, 0.4) is 0 Å². The standard InChI is InChI=1S/C32H30Cl2N2O3S/c1-2-38-28-16-22(12-15-27(28)39-20-23-13-14-24(33)17-26(23)34)19-36-32-30(25-10-6-7-11-29(25)40-32)31(37)35-18-21-8-4-3-5-9-21/h3-5,8-9,12-17,19H,2,6-7,10-11,18,20H2,1H3,(H,35,37). The van der Waals surface area contributed by atoms with Crippen molar-refractivity contribution in [3.63, 3.8) is 0 Å². The molecule has 1 amide bonds. The van der Waals surface area contributed by atoms with Crippen molar-refractivity contribution in [1.29, 1.82) is 0 Å². The third-order valence-electron chi connectivity index (χ3n) is 6.67. The maximum atomic E-state index is 13.4. The lowest BCUT2D eigenvalue weighted by molar-refractivity contribution is 0.0951.